The van der Waals surface area contributed by atoms with Crippen LogP contribution in [-0.2, 0) is 13.6 Å². The van der Waals surface area contributed by atoms with Crippen molar-refractivity contribution >= 4 is 11.0 Å². The fourth-order valence-corrected chi connectivity index (χ4v) is 2.88. The highest BCUT2D eigenvalue weighted by molar-refractivity contribution is 5.82. The fourth-order valence-electron chi connectivity index (χ4n) is 2.88. The van der Waals surface area contributed by atoms with E-state index in [1.165, 1.54) is 11.1 Å². The van der Waals surface area contributed by atoms with Gasteiger partial charge in [0, 0.05) is 36.6 Å². The van der Waals surface area contributed by atoms with Gasteiger partial charge in [-0.3, -0.25) is 9.36 Å². The Morgan fingerprint density at radius 1 is 1.13 bits per heavy atom. The zero-order chi connectivity index (χ0) is 15.8. The van der Waals surface area contributed by atoms with Crippen LogP contribution in [0, 0.1) is 6.92 Å². The molecule has 0 radical (unpaired) electrons. The number of benzene rings is 1. The predicted molar refractivity (Wildman–Crippen MR) is 90.0 cm³/mol. The van der Waals surface area contributed by atoms with Crippen molar-refractivity contribution in [3.63, 3.8) is 0 Å². The average Bonchev–Trinajstić information content (AvgIpc) is 3.17. The van der Waals surface area contributed by atoms with E-state index in [1.54, 1.807) is 6.20 Å². The van der Waals surface area contributed by atoms with Gasteiger partial charge in [0.05, 0.1) is 12.2 Å². The van der Waals surface area contributed by atoms with Crippen molar-refractivity contribution in [2.45, 2.75) is 13.5 Å². The maximum Gasteiger partial charge on any atom is 0.181 e. The van der Waals surface area contributed by atoms with Gasteiger partial charge in [0.2, 0.25) is 0 Å². The Balaban J connectivity index is 1.84. The van der Waals surface area contributed by atoms with Gasteiger partial charge in [-0.15, -0.1) is 0 Å². The van der Waals surface area contributed by atoms with Gasteiger partial charge in [-0.2, -0.15) is 10.2 Å². The van der Waals surface area contributed by atoms with Crippen LogP contribution in [0.4, 0.5) is 0 Å². The molecular formula is C18H17N5. The topological polar surface area (TPSA) is 48.5 Å². The molecule has 0 aliphatic rings. The van der Waals surface area contributed by atoms with Gasteiger partial charge in [-0.25, -0.2) is 4.98 Å². The average molecular weight is 303 g/mol. The molecule has 5 nitrogen and oxygen atoms in total. The molecule has 23 heavy (non-hydrogen) atoms. The summed E-state index contributed by atoms with van der Waals surface area (Å²) in [5.74, 6) is 0. The smallest absolute Gasteiger partial charge is 0.181 e. The van der Waals surface area contributed by atoms with Crippen LogP contribution in [0.2, 0.25) is 0 Å². The molecule has 0 saturated carbocycles. The minimum Gasteiger partial charge on any atom is -0.273 e. The number of aryl methyl sites for hydroxylation is 2. The molecule has 3 aromatic heterocycles. The molecule has 4 aromatic rings. The normalized spacial score (nSPS) is 11.2. The third-order valence-electron chi connectivity index (χ3n) is 4.00. The van der Waals surface area contributed by atoms with Crippen molar-refractivity contribution in [1.82, 2.24) is 24.5 Å². The number of hydrogen-bond donors (Lipinski definition) is 0. The Kier molecular flexibility index (Phi) is 3.19. The molecule has 1 aromatic carbocycles. The third kappa shape index (κ3) is 2.50. The maximum absolute atomic E-state index is 4.76. The first-order chi connectivity index (χ1) is 11.2. The van der Waals surface area contributed by atoms with Crippen molar-refractivity contribution in [2.75, 3.05) is 0 Å². The minimum absolute atomic E-state index is 0.726. The van der Waals surface area contributed by atoms with Crippen molar-refractivity contribution in [3.8, 4) is 11.3 Å². The number of pyridine rings is 1. The van der Waals surface area contributed by atoms with Crippen LogP contribution in [0.1, 0.15) is 11.1 Å². The molecule has 0 bridgehead atoms. The molecule has 0 amide bonds. The first-order valence-electron chi connectivity index (χ1n) is 7.57. The third-order valence-corrected chi connectivity index (χ3v) is 4.00. The lowest BCUT2D eigenvalue weighted by molar-refractivity contribution is 0.687. The van der Waals surface area contributed by atoms with Crippen molar-refractivity contribution in [2.24, 2.45) is 7.05 Å². The quantitative estimate of drug-likeness (QED) is 0.584. The summed E-state index contributed by atoms with van der Waals surface area (Å²) in [6.07, 6.45) is 5.78. The SMILES string of the molecule is Cc1cc(-c2ccccc2Cn2cccn2)nc2nn(C)cc12. The van der Waals surface area contributed by atoms with Crippen LogP contribution in [0.25, 0.3) is 22.3 Å². The highest BCUT2D eigenvalue weighted by Crippen LogP contribution is 2.26. The lowest BCUT2D eigenvalue weighted by Crippen LogP contribution is -2.02. The molecule has 4 rings (SSSR count). The lowest BCUT2D eigenvalue weighted by atomic mass is 10.0. The summed E-state index contributed by atoms with van der Waals surface area (Å²) in [6.45, 7) is 2.83. The van der Waals surface area contributed by atoms with Crippen LogP contribution in [-0.4, -0.2) is 24.5 Å². The van der Waals surface area contributed by atoms with Gasteiger partial charge in [0.15, 0.2) is 5.65 Å². The van der Waals surface area contributed by atoms with Crippen molar-refractivity contribution in [1.29, 1.82) is 0 Å². The van der Waals surface area contributed by atoms with Crippen LogP contribution in [0.5, 0.6) is 0 Å². The Morgan fingerprint density at radius 2 is 2.00 bits per heavy atom. The molecule has 0 atom stereocenters. The van der Waals surface area contributed by atoms with Crippen molar-refractivity contribution < 1.29 is 0 Å². The van der Waals surface area contributed by atoms with Gasteiger partial charge in [-0.05, 0) is 30.2 Å². The van der Waals surface area contributed by atoms with E-state index in [1.807, 2.05) is 40.9 Å². The summed E-state index contributed by atoms with van der Waals surface area (Å²) in [4.78, 5) is 4.76. The van der Waals surface area contributed by atoms with E-state index < -0.39 is 0 Å². The molecule has 0 unspecified atom stereocenters. The lowest BCUT2D eigenvalue weighted by Gasteiger charge is -2.10. The second kappa shape index (κ2) is 5.35. The zero-order valence-electron chi connectivity index (χ0n) is 13.1. The molecule has 0 aliphatic heterocycles. The molecule has 5 heteroatoms. The summed E-state index contributed by atoms with van der Waals surface area (Å²) in [6, 6.07) is 12.4. The summed E-state index contributed by atoms with van der Waals surface area (Å²) in [5, 5.41) is 9.85. The number of rotatable bonds is 3. The summed E-state index contributed by atoms with van der Waals surface area (Å²) < 4.78 is 3.73. The molecule has 0 saturated heterocycles. The second-order valence-corrected chi connectivity index (χ2v) is 5.73. The molecule has 0 fully saturated rings. The molecule has 0 aliphatic carbocycles. The summed E-state index contributed by atoms with van der Waals surface area (Å²) in [5.41, 5.74) is 5.25. The highest BCUT2D eigenvalue weighted by Gasteiger charge is 2.11. The number of nitrogens with zero attached hydrogens (tertiary/aromatic N) is 5. The van der Waals surface area contributed by atoms with Crippen LogP contribution < -0.4 is 0 Å². The van der Waals surface area contributed by atoms with Gasteiger partial charge in [-0.1, -0.05) is 24.3 Å². The molecule has 3 heterocycles. The Bertz CT molecular complexity index is 966. The van der Waals surface area contributed by atoms with E-state index in [9.17, 15) is 0 Å². The van der Waals surface area contributed by atoms with Crippen LogP contribution >= 0.6 is 0 Å². The van der Waals surface area contributed by atoms with Crippen LogP contribution in [0.3, 0.4) is 0 Å². The first-order valence-corrected chi connectivity index (χ1v) is 7.57. The number of hydrogen-bond acceptors (Lipinski definition) is 3. The Morgan fingerprint density at radius 3 is 2.83 bits per heavy atom. The summed E-state index contributed by atoms with van der Waals surface area (Å²) >= 11 is 0. The Labute approximate surface area is 134 Å². The second-order valence-electron chi connectivity index (χ2n) is 5.73. The molecular weight excluding hydrogens is 286 g/mol. The predicted octanol–water partition coefficient (Wildman–Crippen LogP) is 3.19. The molecule has 0 N–H and O–H groups in total. The molecule has 0 spiro atoms. The van der Waals surface area contributed by atoms with Crippen molar-refractivity contribution in [3.05, 3.63) is 66.1 Å². The minimum atomic E-state index is 0.726. The number of aromatic nitrogens is 5. The van der Waals surface area contributed by atoms with Gasteiger partial charge >= 0.3 is 0 Å². The molecule has 114 valence electrons. The standard InChI is InChI=1S/C18H17N5/c1-13-10-17(20-18-16(13)12-22(2)21-18)15-7-4-3-6-14(15)11-23-9-5-8-19-23/h3-10,12H,11H2,1-2H3. The maximum atomic E-state index is 4.76. The van der Waals surface area contributed by atoms with E-state index in [4.69, 9.17) is 4.98 Å². The van der Waals surface area contributed by atoms with Gasteiger partial charge in [0.25, 0.3) is 0 Å². The highest BCUT2D eigenvalue weighted by atomic mass is 15.3. The Hall–Kier alpha value is -2.95. The number of fused-ring (bicyclic) bond motifs is 1. The van der Waals surface area contributed by atoms with Gasteiger partial charge in [0.1, 0.15) is 0 Å². The van der Waals surface area contributed by atoms with Gasteiger partial charge < -0.3 is 0 Å². The van der Waals surface area contributed by atoms with E-state index in [2.05, 4.69) is 41.4 Å². The fraction of sp³-hybridized carbons (Fsp3) is 0.167. The van der Waals surface area contributed by atoms with E-state index in [0.717, 1.165) is 28.8 Å². The zero-order valence-corrected chi connectivity index (χ0v) is 13.1. The monoisotopic (exact) mass is 303 g/mol. The van der Waals surface area contributed by atoms with E-state index in [0.29, 0.717) is 0 Å². The summed E-state index contributed by atoms with van der Waals surface area (Å²) in [7, 11) is 1.92. The van der Waals surface area contributed by atoms with E-state index in [-0.39, 0.29) is 0 Å². The van der Waals surface area contributed by atoms with Crippen LogP contribution in [0.15, 0.2) is 55.0 Å². The largest absolute Gasteiger partial charge is 0.273 e. The van der Waals surface area contributed by atoms with E-state index >= 15 is 0 Å². The first kappa shape index (κ1) is 13.7.